The summed E-state index contributed by atoms with van der Waals surface area (Å²) in [6.45, 7) is 4.85. The number of alkyl halides is 3. The fraction of sp³-hybridized carbons (Fsp3) is 0.385. The van der Waals surface area contributed by atoms with Gasteiger partial charge in [0.2, 0.25) is 0 Å². The van der Waals surface area contributed by atoms with Crippen LogP contribution in [-0.2, 0) is 13.2 Å². The van der Waals surface area contributed by atoms with Crippen molar-refractivity contribution in [3.63, 3.8) is 0 Å². The first-order valence-corrected chi connectivity index (χ1v) is 6.25. The molecule has 20 heavy (non-hydrogen) atoms. The van der Waals surface area contributed by atoms with E-state index in [9.17, 15) is 13.2 Å². The van der Waals surface area contributed by atoms with Gasteiger partial charge in [0.1, 0.15) is 11.4 Å². The van der Waals surface area contributed by atoms with Gasteiger partial charge in [-0.05, 0) is 32.4 Å². The Labute approximate surface area is 119 Å². The maximum Gasteiger partial charge on any atom is 0.433 e. The summed E-state index contributed by atoms with van der Waals surface area (Å²) in [6.07, 6.45) is -4.44. The van der Waals surface area contributed by atoms with Crippen molar-refractivity contribution in [3.8, 4) is 11.4 Å². The maximum atomic E-state index is 13.0. The van der Waals surface area contributed by atoms with Crippen molar-refractivity contribution >= 4 is 11.6 Å². The van der Waals surface area contributed by atoms with Crippen molar-refractivity contribution in [2.24, 2.45) is 7.05 Å². The SMILES string of the molecule is Cc1cc(Cl)c(C)nc1-c1nn(C)c(C(F)(F)F)c1C. The minimum Gasteiger partial charge on any atom is -0.263 e. The van der Waals surface area contributed by atoms with Gasteiger partial charge in [-0.15, -0.1) is 0 Å². The fourth-order valence-electron chi connectivity index (χ4n) is 2.16. The first kappa shape index (κ1) is 14.8. The van der Waals surface area contributed by atoms with E-state index >= 15 is 0 Å². The smallest absolute Gasteiger partial charge is 0.263 e. The summed E-state index contributed by atoms with van der Waals surface area (Å²) in [5.74, 6) is 0. The van der Waals surface area contributed by atoms with Gasteiger partial charge >= 0.3 is 6.18 Å². The molecule has 0 atom stereocenters. The highest BCUT2D eigenvalue weighted by molar-refractivity contribution is 6.31. The highest BCUT2D eigenvalue weighted by Crippen LogP contribution is 2.36. The van der Waals surface area contributed by atoms with Crippen molar-refractivity contribution in [1.82, 2.24) is 14.8 Å². The van der Waals surface area contributed by atoms with E-state index in [2.05, 4.69) is 10.1 Å². The maximum absolute atomic E-state index is 13.0. The van der Waals surface area contributed by atoms with Crippen LogP contribution in [0.3, 0.4) is 0 Å². The van der Waals surface area contributed by atoms with Crippen molar-refractivity contribution < 1.29 is 13.2 Å². The zero-order valence-electron chi connectivity index (χ0n) is 11.4. The number of aryl methyl sites for hydroxylation is 3. The van der Waals surface area contributed by atoms with Crippen molar-refractivity contribution in [3.05, 3.63) is 33.6 Å². The Morgan fingerprint density at radius 1 is 1.15 bits per heavy atom. The molecule has 0 bridgehead atoms. The number of halogens is 4. The Balaban J connectivity index is 2.70. The Bertz CT molecular complexity index is 674. The van der Waals surface area contributed by atoms with E-state index in [4.69, 9.17) is 11.6 Å². The summed E-state index contributed by atoms with van der Waals surface area (Å²) >= 11 is 5.95. The van der Waals surface area contributed by atoms with Crippen LogP contribution in [0.4, 0.5) is 13.2 Å². The Kier molecular flexibility index (Phi) is 3.54. The normalized spacial score (nSPS) is 12.0. The minimum atomic E-state index is -4.44. The van der Waals surface area contributed by atoms with Crippen molar-refractivity contribution in [2.75, 3.05) is 0 Å². The lowest BCUT2D eigenvalue weighted by Crippen LogP contribution is -2.13. The van der Waals surface area contributed by atoms with Gasteiger partial charge in [0.05, 0.1) is 16.4 Å². The molecule has 0 aliphatic heterocycles. The van der Waals surface area contributed by atoms with Crippen LogP contribution in [0.25, 0.3) is 11.4 Å². The molecule has 0 aliphatic carbocycles. The molecular formula is C13H13ClF3N3. The molecule has 0 aliphatic rings. The molecule has 7 heteroatoms. The Hall–Kier alpha value is -1.56. The predicted molar refractivity (Wildman–Crippen MR) is 70.7 cm³/mol. The molecule has 2 rings (SSSR count). The third-order valence-corrected chi connectivity index (χ3v) is 3.50. The topological polar surface area (TPSA) is 30.7 Å². The highest BCUT2D eigenvalue weighted by atomic mass is 35.5. The second kappa shape index (κ2) is 4.77. The molecule has 0 fully saturated rings. The molecule has 0 amide bonds. The molecule has 0 saturated carbocycles. The molecule has 0 aromatic carbocycles. The van der Waals surface area contributed by atoms with E-state index < -0.39 is 11.9 Å². The summed E-state index contributed by atoms with van der Waals surface area (Å²) in [4.78, 5) is 4.26. The fourth-order valence-corrected chi connectivity index (χ4v) is 2.37. The monoisotopic (exact) mass is 303 g/mol. The van der Waals surface area contributed by atoms with E-state index in [0.717, 1.165) is 4.68 Å². The molecule has 108 valence electrons. The summed E-state index contributed by atoms with van der Waals surface area (Å²) < 4.78 is 39.8. The van der Waals surface area contributed by atoms with E-state index in [1.165, 1.54) is 14.0 Å². The first-order chi connectivity index (χ1) is 9.12. The van der Waals surface area contributed by atoms with Crippen LogP contribution >= 0.6 is 11.6 Å². The quantitative estimate of drug-likeness (QED) is 0.795. The van der Waals surface area contributed by atoms with E-state index in [0.29, 0.717) is 22.0 Å². The molecule has 2 aromatic heterocycles. The molecule has 0 radical (unpaired) electrons. The van der Waals surface area contributed by atoms with Gasteiger partial charge in [-0.25, -0.2) is 4.98 Å². The van der Waals surface area contributed by atoms with E-state index in [1.807, 2.05) is 0 Å². The van der Waals surface area contributed by atoms with Gasteiger partial charge in [0, 0.05) is 12.6 Å². The van der Waals surface area contributed by atoms with Gasteiger partial charge < -0.3 is 0 Å². The van der Waals surface area contributed by atoms with Crippen LogP contribution in [0, 0.1) is 20.8 Å². The van der Waals surface area contributed by atoms with Gasteiger partial charge in [-0.3, -0.25) is 4.68 Å². The highest BCUT2D eigenvalue weighted by Gasteiger charge is 2.38. The van der Waals surface area contributed by atoms with Gasteiger partial charge in [-0.1, -0.05) is 11.6 Å². The molecule has 0 N–H and O–H groups in total. The van der Waals surface area contributed by atoms with Crippen LogP contribution in [0.2, 0.25) is 5.02 Å². The molecule has 0 saturated heterocycles. The lowest BCUT2D eigenvalue weighted by molar-refractivity contribution is -0.144. The lowest BCUT2D eigenvalue weighted by Gasteiger charge is -2.08. The number of hydrogen-bond acceptors (Lipinski definition) is 2. The molecule has 0 spiro atoms. The van der Waals surface area contributed by atoms with Gasteiger partial charge in [-0.2, -0.15) is 18.3 Å². The van der Waals surface area contributed by atoms with E-state index in [-0.39, 0.29) is 11.3 Å². The number of aromatic nitrogens is 3. The Morgan fingerprint density at radius 2 is 1.75 bits per heavy atom. The van der Waals surface area contributed by atoms with Crippen LogP contribution in [0.1, 0.15) is 22.5 Å². The third kappa shape index (κ3) is 2.40. The molecular weight excluding hydrogens is 291 g/mol. The Morgan fingerprint density at radius 3 is 2.25 bits per heavy atom. The van der Waals surface area contributed by atoms with Crippen LogP contribution < -0.4 is 0 Å². The van der Waals surface area contributed by atoms with Crippen LogP contribution in [0.15, 0.2) is 6.07 Å². The standard InChI is InChI=1S/C13H13ClF3N3/c1-6-5-9(14)8(3)18-10(6)11-7(2)12(13(15,16)17)20(4)19-11/h5H,1-4H3. The second-order valence-electron chi connectivity index (χ2n) is 4.66. The van der Waals surface area contributed by atoms with Crippen LogP contribution in [0.5, 0.6) is 0 Å². The number of hydrogen-bond donors (Lipinski definition) is 0. The molecule has 3 nitrogen and oxygen atoms in total. The second-order valence-corrected chi connectivity index (χ2v) is 5.07. The molecule has 2 aromatic rings. The van der Waals surface area contributed by atoms with Gasteiger partial charge in [0.25, 0.3) is 0 Å². The minimum absolute atomic E-state index is 0.0670. The summed E-state index contributed by atoms with van der Waals surface area (Å²) in [7, 11) is 1.28. The molecule has 0 unspecified atom stereocenters. The average molecular weight is 304 g/mol. The van der Waals surface area contributed by atoms with Gasteiger partial charge in [0.15, 0.2) is 0 Å². The zero-order chi connectivity index (χ0) is 15.2. The van der Waals surface area contributed by atoms with E-state index in [1.54, 1.807) is 19.9 Å². The number of rotatable bonds is 1. The number of pyridine rings is 1. The third-order valence-electron chi connectivity index (χ3n) is 3.12. The predicted octanol–water partition coefficient (Wildman–Crippen LogP) is 4.08. The first-order valence-electron chi connectivity index (χ1n) is 5.87. The molecule has 2 heterocycles. The number of nitrogens with zero attached hydrogens (tertiary/aromatic N) is 3. The van der Waals surface area contributed by atoms with Crippen molar-refractivity contribution in [2.45, 2.75) is 26.9 Å². The largest absolute Gasteiger partial charge is 0.433 e. The average Bonchev–Trinajstić information content (AvgIpc) is 2.58. The summed E-state index contributed by atoms with van der Waals surface area (Å²) in [6, 6.07) is 1.68. The summed E-state index contributed by atoms with van der Waals surface area (Å²) in [5, 5.41) is 4.45. The lowest BCUT2D eigenvalue weighted by atomic mass is 10.1. The summed E-state index contributed by atoms with van der Waals surface area (Å²) in [5.41, 5.74) is 1.22. The van der Waals surface area contributed by atoms with Crippen LogP contribution in [-0.4, -0.2) is 14.8 Å². The van der Waals surface area contributed by atoms with Crippen molar-refractivity contribution in [1.29, 1.82) is 0 Å². The zero-order valence-corrected chi connectivity index (χ0v) is 12.2.